The monoisotopic (exact) mass is 459 g/mol. The summed E-state index contributed by atoms with van der Waals surface area (Å²) in [4.78, 5) is 29.5. The van der Waals surface area contributed by atoms with Crippen molar-refractivity contribution in [2.75, 3.05) is 51.8 Å². The van der Waals surface area contributed by atoms with Crippen molar-refractivity contribution in [1.82, 2.24) is 19.8 Å². The SMILES string of the molecule is CC[C@@H](Nc1ncnc2sc(C(=O)N3CCN(CCOC)CC3)c(C)c12)c1cccs1. The van der Waals surface area contributed by atoms with E-state index in [4.69, 9.17) is 4.74 Å². The first-order valence-electron chi connectivity index (χ1n) is 10.7. The minimum atomic E-state index is 0.100. The van der Waals surface area contributed by atoms with Crippen LogP contribution in [-0.4, -0.2) is 72.1 Å². The lowest BCUT2D eigenvalue weighted by Gasteiger charge is -2.34. The number of rotatable bonds is 8. The Morgan fingerprint density at radius 1 is 1.29 bits per heavy atom. The van der Waals surface area contributed by atoms with Crippen LogP contribution in [0.3, 0.4) is 0 Å². The third-order valence-electron chi connectivity index (χ3n) is 5.80. The molecular weight excluding hydrogens is 430 g/mol. The van der Waals surface area contributed by atoms with Crippen LogP contribution in [0.2, 0.25) is 0 Å². The van der Waals surface area contributed by atoms with Crippen LogP contribution in [0.1, 0.15) is 39.5 Å². The molecule has 0 saturated carbocycles. The fourth-order valence-corrected chi connectivity index (χ4v) is 5.93. The van der Waals surface area contributed by atoms with Crippen molar-refractivity contribution in [3.05, 3.63) is 39.2 Å². The molecule has 3 aromatic rings. The first kappa shape index (κ1) is 22.1. The second-order valence-corrected chi connectivity index (χ2v) is 9.68. The van der Waals surface area contributed by atoms with Gasteiger partial charge in [-0.3, -0.25) is 9.69 Å². The van der Waals surface area contributed by atoms with Gasteiger partial charge in [0.2, 0.25) is 0 Å². The largest absolute Gasteiger partial charge is 0.383 e. The zero-order valence-corrected chi connectivity index (χ0v) is 19.9. The summed E-state index contributed by atoms with van der Waals surface area (Å²) in [6, 6.07) is 4.41. The molecular formula is C22H29N5O2S2. The Bertz CT molecular complexity index is 1010. The van der Waals surface area contributed by atoms with E-state index in [9.17, 15) is 4.79 Å². The number of fused-ring (bicyclic) bond motifs is 1. The smallest absolute Gasteiger partial charge is 0.264 e. The Morgan fingerprint density at radius 2 is 2.10 bits per heavy atom. The van der Waals surface area contributed by atoms with Crippen molar-refractivity contribution < 1.29 is 9.53 Å². The van der Waals surface area contributed by atoms with Gasteiger partial charge in [-0.1, -0.05) is 13.0 Å². The Morgan fingerprint density at radius 3 is 2.77 bits per heavy atom. The normalized spacial score (nSPS) is 16.0. The van der Waals surface area contributed by atoms with Crippen molar-refractivity contribution in [1.29, 1.82) is 0 Å². The topological polar surface area (TPSA) is 70.6 Å². The van der Waals surface area contributed by atoms with Gasteiger partial charge in [0, 0.05) is 44.7 Å². The zero-order chi connectivity index (χ0) is 21.8. The van der Waals surface area contributed by atoms with Gasteiger partial charge >= 0.3 is 0 Å². The molecule has 166 valence electrons. The summed E-state index contributed by atoms with van der Waals surface area (Å²) in [6.45, 7) is 9.05. The number of nitrogens with one attached hydrogen (secondary N) is 1. The molecule has 1 aliphatic rings. The molecule has 1 saturated heterocycles. The van der Waals surface area contributed by atoms with E-state index in [2.05, 4.69) is 44.6 Å². The fourth-order valence-electron chi connectivity index (χ4n) is 3.95. The van der Waals surface area contributed by atoms with Crippen LogP contribution in [-0.2, 0) is 4.74 Å². The molecule has 0 bridgehead atoms. The summed E-state index contributed by atoms with van der Waals surface area (Å²) < 4.78 is 5.17. The highest BCUT2D eigenvalue weighted by Gasteiger charge is 2.27. The summed E-state index contributed by atoms with van der Waals surface area (Å²) in [7, 11) is 1.72. The standard InChI is InChI=1S/C22H29N5O2S2/c1-4-16(17-6-5-13-30-17)25-20-18-15(2)19(31-21(18)24-14-23-20)22(28)27-9-7-26(8-10-27)11-12-29-3/h5-6,13-14,16H,4,7-12H2,1-3H3,(H,23,24,25)/t16-/m1/s1. The van der Waals surface area contributed by atoms with E-state index >= 15 is 0 Å². The number of thiophene rings is 2. The summed E-state index contributed by atoms with van der Waals surface area (Å²) >= 11 is 3.22. The number of methoxy groups -OCH3 is 1. The minimum absolute atomic E-state index is 0.100. The number of hydrogen-bond acceptors (Lipinski definition) is 8. The molecule has 0 aromatic carbocycles. The second kappa shape index (κ2) is 10.0. The van der Waals surface area contributed by atoms with Gasteiger partial charge in [0.25, 0.3) is 5.91 Å². The van der Waals surface area contributed by atoms with Crippen molar-refractivity contribution in [2.45, 2.75) is 26.3 Å². The Kier molecular flexibility index (Phi) is 7.16. The number of carbonyl (C=O) groups excluding carboxylic acids is 1. The van der Waals surface area contributed by atoms with Crippen molar-refractivity contribution in [3.8, 4) is 0 Å². The van der Waals surface area contributed by atoms with Gasteiger partial charge in [0.05, 0.1) is 22.9 Å². The van der Waals surface area contributed by atoms with Gasteiger partial charge in [-0.05, 0) is 30.4 Å². The Balaban J connectivity index is 1.54. The molecule has 3 aromatic heterocycles. The lowest BCUT2D eigenvalue weighted by atomic mass is 10.1. The number of nitrogens with zero attached hydrogens (tertiary/aromatic N) is 4. The highest BCUT2D eigenvalue weighted by Crippen LogP contribution is 2.36. The molecule has 9 heteroatoms. The van der Waals surface area contributed by atoms with Crippen LogP contribution in [0.15, 0.2) is 23.8 Å². The zero-order valence-electron chi connectivity index (χ0n) is 18.3. The van der Waals surface area contributed by atoms with E-state index in [1.54, 1.807) is 24.8 Å². The van der Waals surface area contributed by atoms with E-state index in [0.29, 0.717) is 0 Å². The predicted octanol–water partition coefficient (Wildman–Crippen LogP) is 4.03. The lowest BCUT2D eigenvalue weighted by Crippen LogP contribution is -2.49. The predicted molar refractivity (Wildman–Crippen MR) is 127 cm³/mol. The highest BCUT2D eigenvalue weighted by molar-refractivity contribution is 7.20. The van der Waals surface area contributed by atoms with Crippen LogP contribution in [0.5, 0.6) is 0 Å². The average molecular weight is 460 g/mol. The molecule has 1 atom stereocenters. The van der Waals surface area contributed by atoms with Crippen LogP contribution in [0, 0.1) is 6.92 Å². The van der Waals surface area contributed by atoms with Gasteiger partial charge in [0.15, 0.2) is 0 Å². The van der Waals surface area contributed by atoms with Crippen molar-refractivity contribution in [2.24, 2.45) is 0 Å². The Labute approximate surface area is 191 Å². The van der Waals surface area contributed by atoms with E-state index in [0.717, 1.165) is 72.2 Å². The summed E-state index contributed by atoms with van der Waals surface area (Å²) in [5.41, 5.74) is 0.968. The van der Waals surface area contributed by atoms with Gasteiger partial charge in [0.1, 0.15) is 17.0 Å². The molecule has 4 rings (SSSR count). The molecule has 1 N–H and O–H groups in total. The van der Waals surface area contributed by atoms with Crippen LogP contribution < -0.4 is 5.32 Å². The summed E-state index contributed by atoms with van der Waals surface area (Å²) in [5.74, 6) is 0.908. The third-order valence-corrected chi connectivity index (χ3v) is 7.97. The highest BCUT2D eigenvalue weighted by atomic mass is 32.1. The van der Waals surface area contributed by atoms with Gasteiger partial charge in [-0.15, -0.1) is 22.7 Å². The number of aryl methyl sites for hydroxylation is 1. The molecule has 0 radical (unpaired) electrons. The first-order valence-corrected chi connectivity index (χ1v) is 12.4. The Hall–Kier alpha value is -2.07. The number of carbonyl (C=O) groups is 1. The minimum Gasteiger partial charge on any atom is -0.383 e. The molecule has 0 unspecified atom stereocenters. The van der Waals surface area contributed by atoms with Crippen LogP contribution in [0.4, 0.5) is 5.82 Å². The number of amides is 1. The number of aromatic nitrogens is 2. The van der Waals surface area contributed by atoms with E-state index in [-0.39, 0.29) is 11.9 Å². The van der Waals surface area contributed by atoms with Gasteiger partial charge in [-0.2, -0.15) is 0 Å². The molecule has 1 fully saturated rings. The molecule has 0 spiro atoms. The quantitative estimate of drug-likeness (QED) is 0.548. The molecule has 1 aliphatic heterocycles. The number of ether oxygens (including phenoxy) is 1. The number of piperazine rings is 1. The lowest BCUT2D eigenvalue weighted by molar-refractivity contribution is 0.0598. The van der Waals surface area contributed by atoms with Crippen LogP contribution in [0.25, 0.3) is 10.2 Å². The number of anilines is 1. The maximum Gasteiger partial charge on any atom is 0.264 e. The van der Waals surface area contributed by atoms with E-state index in [1.807, 2.05) is 11.8 Å². The molecule has 7 nitrogen and oxygen atoms in total. The summed E-state index contributed by atoms with van der Waals surface area (Å²) in [6.07, 6.45) is 2.54. The molecule has 31 heavy (non-hydrogen) atoms. The molecule has 1 amide bonds. The third kappa shape index (κ3) is 4.74. The fraction of sp³-hybridized carbons (Fsp3) is 0.500. The molecule has 4 heterocycles. The van der Waals surface area contributed by atoms with E-state index in [1.165, 1.54) is 16.2 Å². The van der Waals surface area contributed by atoms with E-state index < -0.39 is 0 Å². The average Bonchev–Trinajstić information content (AvgIpc) is 3.45. The number of hydrogen-bond donors (Lipinski definition) is 1. The van der Waals surface area contributed by atoms with Crippen molar-refractivity contribution in [3.63, 3.8) is 0 Å². The summed E-state index contributed by atoms with van der Waals surface area (Å²) in [5, 5.41) is 6.65. The molecule has 0 aliphatic carbocycles. The second-order valence-electron chi connectivity index (χ2n) is 7.71. The van der Waals surface area contributed by atoms with Crippen molar-refractivity contribution >= 4 is 44.6 Å². The maximum absolute atomic E-state index is 13.3. The maximum atomic E-state index is 13.3. The van der Waals surface area contributed by atoms with Gasteiger partial charge < -0.3 is 15.0 Å². The van der Waals surface area contributed by atoms with Gasteiger partial charge in [-0.25, -0.2) is 9.97 Å². The van der Waals surface area contributed by atoms with Crippen LogP contribution >= 0.6 is 22.7 Å². The first-order chi connectivity index (χ1) is 15.1.